The molecule has 0 spiro atoms. The van der Waals surface area contributed by atoms with Gasteiger partial charge in [0.05, 0.1) is 10.7 Å². The smallest absolute Gasteiger partial charge is 0.200 e. The lowest BCUT2D eigenvalue weighted by atomic mass is 9.96. The summed E-state index contributed by atoms with van der Waals surface area (Å²) in [6, 6.07) is 0. The van der Waals surface area contributed by atoms with Crippen LogP contribution in [0.15, 0.2) is 12.2 Å². The number of hydrogen-bond acceptors (Lipinski definition) is 3. The minimum Gasteiger partial charge on any atom is -0.297 e. The SMILES string of the molecule is C/C=C/[C@]1(C)SC(=O)C(C)C1=O. The fourth-order valence-electron chi connectivity index (χ4n) is 1.32. The zero-order valence-corrected chi connectivity index (χ0v) is 8.27. The molecule has 1 saturated heterocycles. The number of ketones is 1. The number of allylic oxidation sites excluding steroid dienone is 1. The summed E-state index contributed by atoms with van der Waals surface area (Å²) < 4.78 is -0.606. The Labute approximate surface area is 76.4 Å². The van der Waals surface area contributed by atoms with Gasteiger partial charge in [-0.25, -0.2) is 0 Å². The van der Waals surface area contributed by atoms with Gasteiger partial charge >= 0.3 is 0 Å². The van der Waals surface area contributed by atoms with Crippen molar-refractivity contribution in [1.29, 1.82) is 0 Å². The maximum Gasteiger partial charge on any atom is 0.200 e. The topological polar surface area (TPSA) is 34.1 Å². The first kappa shape index (κ1) is 9.52. The third-order valence-corrected chi connectivity index (χ3v) is 3.35. The molecule has 1 aliphatic heterocycles. The van der Waals surface area contributed by atoms with Gasteiger partial charge in [-0.1, -0.05) is 23.9 Å². The molecule has 0 aromatic carbocycles. The number of Topliss-reactive ketones (excluding diaryl/α,β-unsaturated/α-hetero) is 1. The highest BCUT2D eigenvalue weighted by Crippen LogP contribution is 2.40. The molecule has 1 heterocycles. The van der Waals surface area contributed by atoms with Gasteiger partial charge in [-0.05, 0) is 20.8 Å². The molecule has 1 fully saturated rings. The summed E-state index contributed by atoms with van der Waals surface area (Å²) in [6.45, 7) is 5.32. The second kappa shape index (κ2) is 3.05. The summed E-state index contributed by atoms with van der Waals surface area (Å²) in [6.07, 6.45) is 3.61. The molecule has 0 amide bonds. The maximum atomic E-state index is 11.5. The van der Waals surface area contributed by atoms with Crippen molar-refractivity contribution in [3.8, 4) is 0 Å². The normalized spacial score (nSPS) is 36.8. The van der Waals surface area contributed by atoms with Gasteiger partial charge in [-0.3, -0.25) is 9.59 Å². The first-order valence-electron chi connectivity index (χ1n) is 3.92. The third-order valence-electron chi connectivity index (χ3n) is 2.03. The summed E-state index contributed by atoms with van der Waals surface area (Å²) in [5.41, 5.74) is 0. The Morgan fingerprint density at radius 1 is 1.50 bits per heavy atom. The van der Waals surface area contributed by atoms with Crippen LogP contribution in [0.3, 0.4) is 0 Å². The minimum absolute atomic E-state index is 0.0133. The van der Waals surface area contributed by atoms with E-state index in [0.29, 0.717) is 0 Å². The van der Waals surface area contributed by atoms with E-state index in [4.69, 9.17) is 0 Å². The fraction of sp³-hybridized carbons (Fsp3) is 0.556. The summed E-state index contributed by atoms with van der Waals surface area (Å²) >= 11 is 1.13. The van der Waals surface area contributed by atoms with Gasteiger partial charge < -0.3 is 0 Å². The Balaban J connectivity index is 2.97. The van der Waals surface area contributed by atoms with E-state index in [2.05, 4.69) is 0 Å². The van der Waals surface area contributed by atoms with Crippen molar-refractivity contribution in [2.45, 2.75) is 25.5 Å². The molecule has 0 radical (unpaired) electrons. The number of hydrogen-bond donors (Lipinski definition) is 0. The second-order valence-electron chi connectivity index (χ2n) is 3.11. The number of carbonyl (C=O) groups is 2. The second-order valence-corrected chi connectivity index (χ2v) is 4.57. The van der Waals surface area contributed by atoms with E-state index in [1.54, 1.807) is 19.9 Å². The van der Waals surface area contributed by atoms with Crippen molar-refractivity contribution in [3.63, 3.8) is 0 Å². The van der Waals surface area contributed by atoms with Gasteiger partial charge in [0.15, 0.2) is 10.9 Å². The Morgan fingerprint density at radius 2 is 2.08 bits per heavy atom. The van der Waals surface area contributed by atoms with Crippen molar-refractivity contribution in [1.82, 2.24) is 0 Å². The molecule has 2 nitrogen and oxygen atoms in total. The van der Waals surface area contributed by atoms with Crippen molar-refractivity contribution < 1.29 is 9.59 Å². The summed E-state index contributed by atoms with van der Waals surface area (Å²) in [4.78, 5) is 22.7. The maximum absolute atomic E-state index is 11.5. The predicted octanol–water partition coefficient (Wildman–Crippen LogP) is 1.80. The standard InChI is InChI=1S/C9H12O2S/c1-4-5-9(3)7(10)6(2)8(11)12-9/h4-6H,1-3H3/b5-4+/t6?,9-/m0/s1. The summed E-state index contributed by atoms with van der Waals surface area (Å²) in [7, 11) is 0. The molecule has 0 aliphatic carbocycles. The van der Waals surface area contributed by atoms with E-state index in [0.717, 1.165) is 11.8 Å². The van der Waals surface area contributed by atoms with Gasteiger partial charge in [0, 0.05) is 0 Å². The number of thioether (sulfide) groups is 1. The highest BCUT2D eigenvalue weighted by molar-refractivity contribution is 8.16. The van der Waals surface area contributed by atoms with E-state index in [9.17, 15) is 9.59 Å². The van der Waals surface area contributed by atoms with Gasteiger partial charge in [-0.2, -0.15) is 0 Å². The van der Waals surface area contributed by atoms with Crippen LogP contribution in [0.2, 0.25) is 0 Å². The Hall–Kier alpha value is -0.570. The van der Waals surface area contributed by atoms with Crippen molar-refractivity contribution in [2.75, 3.05) is 0 Å². The van der Waals surface area contributed by atoms with Crippen LogP contribution in [0, 0.1) is 5.92 Å². The molecule has 1 unspecified atom stereocenters. The molecule has 0 aromatic heterocycles. The lowest BCUT2D eigenvalue weighted by Crippen LogP contribution is -2.26. The lowest BCUT2D eigenvalue weighted by molar-refractivity contribution is -0.126. The van der Waals surface area contributed by atoms with Crippen LogP contribution >= 0.6 is 11.8 Å². The van der Waals surface area contributed by atoms with Gasteiger partial charge in [0.25, 0.3) is 0 Å². The molecule has 0 aromatic rings. The molecule has 1 aliphatic rings. The quantitative estimate of drug-likeness (QED) is 0.460. The van der Waals surface area contributed by atoms with Crippen LogP contribution in [0.5, 0.6) is 0 Å². The molecule has 0 N–H and O–H groups in total. The zero-order chi connectivity index (χ0) is 9.35. The lowest BCUT2D eigenvalue weighted by Gasteiger charge is -2.13. The van der Waals surface area contributed by atoms with Crippen LogP contribution in [-0.4, -0.2) is 15.6 Å². The first-order chi connectivity index (χ1) is 5.51. The average molecular weight is 184 g/mol. The van der Waals surface area contributed by atoms with Crippen LogP contribution in [0.4, 0.5) is 0 Å². The highest BCUT2D eigenvalue weighted by atomic mass is 32.2. The van der Waals surface area contributed by atoms with Crippen LogP contribution < -0.4 is 0 Å². The molecular weight excluding hydrogens is 172 g/mol. The largest absolute Gasteiger partial charge is 0.297 e. The van der Waals surface area contributed by atoms with Gasteiger partial charge in [0.2, 0.25) is 0 Å². The van der Waals surface area contributed by atoms with Crippen molar-refractivity contribution >= 4 is 22.7 Å². The van der Waals surface area contributed by atoms with Crippen molar-refractivity contribution in [3.05, 3.63) is 12.2 Å². The Kier molecular flexibility index (Phi) is 2.42. The minimum atomic E-state index is -0.606. The fourth-order valence-corrected chi connectivity index (χ4v) is 2.50. The average Bonchev–Trinajstić information content (AvgIpc) is 2.17. The monoisotopic (exact) mass is 184 g/mol. The highest BCUT2D eigenvalue weighted by Gasteiger charge is 2.46. The van der Waals surface area contributed by atoms with Crippen LogP contribution in [0.1, 0.15) is 20.8 Å². The first-order valence-corrected chi connectivity index (χ1v) is 4.74. The number of carbonyl (C=O) groups excluding carboxylic acids is 2. The molecule has 0 bridgehead atoms. The molecule has 0 saturated carbocycles. The van der Waals surface area contributed by atoms with Crippen LogP contribution in [0.25, 0.3) is 0 Å². The molecule has 1 rings (SSSR count). The molecule has 12 heavy (non-hydrogen) atoms. The van der Waals surface area contributed by atoms with Crippen molar-refractivity contribution in [2.24, 2.45) is 5.92 Å². The molecule has 66 valence electrons. The van der Waals surface area contributed by atoms with E-state index in [-0.39, 0.29) is 10.9 Å². The van der Waals surface area contributed by atoms with E-state index < -0.39 is 10.7 Å². The van der Waals surface area contributed by atoms with E-state index in [1.165, 1.54) is 0 Å². The van der Waals surface area contributed by atoms with Crippen LogP contribution in [-0.2, 0) is 9.59 Å². The number of rotatable bonds is 1. The Bertz CT molecular complexity index is 257. The molecule has 2 atom stereocenters. The third kappa shape index (κ3) is 1.33. The van der Waals surface area contributed by atoms with Gasteiger partial charge in [-0.15, -0.1) is 0 Å². The Morgan fingerprint density at radius 3 is 2.42 bits per heavy atom. The molecular formula is C9H12O2S. The predicted molar refractivity (Wildman–Crippen MR) is 50.0 cm³/mol. The molecule has 3 heteroatoms. The summed E-state index contributed by atoms with van der Waals surface area (Å²) in [5.74, 6) is -0.410. The zero-order valence-electron chi connectivity index (χ0n) is 7.46. The van der Waals surface area contributed by atoms with E-state index >= 15 is 0 Å². The summed E-state index contributed by atoms with van der Waals surface area (Å²) in [5, 5.41) is -0.0133. The van der Waals surface area contributed by atoms with E-state index in [1.807, 2.05) is 13.0 Å². The van der Waals surface area contributed by atoms with Gasteiger partial charge in [0.1, 0.15) is 0 Å².